The van der Waals surface area contributed by atoms with Crippen LogP contribution in [0.3, 0.4) is 0 Å². The summed E-state index contributed by atoms with van der Waals surface area (Å²) >= 11 is 1.72. The Morgan fingerprint density at radius 3 is 2.47 bits per heavy atom. The molecule has 6 nitrogen and oxygen atoms in total. The molecular weight excluding hydrogens is 470 g/mol. The van der Waals surface area contributed by atoms with Gasteiger partial charge in [-0.2, -0.15) is 0 Å². The van der Waals surface area contributed by atoms with Gasteiger partial charge in [-0.25, -0.2) is 0 Å². The summed E-state index contributed by atoms with van der Waals surface area (Å²) in [5.41, 5.74) is 6.37. The molecule has 0 aromatic heterocycles. The Kier molecular flexibility index (Phi) is 10.6. The van der Waals surface area contributed by atoms with E-state index in [0.717, 1.165) is 41.3 Å². The second-order valence-electron chi connectivity index (χ2n) is 8.19. The summed E-state index contributed by atoms with van der Waals surface area (Å²) in [7, 11) is 3.38. The number of nitrogens with one attached hydrogen (secondary N) is 2. The summed E-state index contributed by atoms with van der Waals surface area (Å²) in [6.07, 6.45) is 1.21. The highest BCUT2D eigenvalue weighted by Crippen LogP contribution is 2.37. The zero-order chi connectivity index (χ0) is 26.1. The molecule has 0 radical (unpaired) electrons. The van der Waals surface area contributed by atoms with E-state index in [1.54, 1.807) is 26.0 Å². The lowest BCUT2D eigenvalue weighted by molar-refractivity contribution is 0.0829. The van der Waals surface area contributed by atoms with Crippen LogP contribution in [-0.4, -0.2) is 32.1 Å². The van der Waals surface area contributed by atoms with Crippen LogP contribution in [0.1, 0.15) is 55.5 Å². The third-order valence-corrected chi connectivity index (χ3v) is 6.96. The normalized spacial score (nSPS) is 15.0. The fourth-order valence-electron chi connectivity index (χ4n) is 4.35. The maximum absolute atomic E-state index is 10.8. The van der Waals surface area contributed by atoms with Crippen LogP contribution in [0.25, 0.3) is 0 Å². The summed E-state index contributed by atoms with van der Waals surface area (Å²) in [6.45, 7) is 8.26. The number of hydrogen-bond acceptors (Lipinski definition) is 7. The Morgan fingerprint density at radius 1 is 1.08 bits per heavy atom. The van der Waals surface area contributed by atoms with Gasteiger partial charge in [-0.1, -0.05) is 38.1 Å². The Balaban J connectivity index is 0.00000176. The van der Waals surface area contributed by atoms with Crippen molar-refractivity contribution in [3.05, 3.63) is 82.9 Å². The lowest BCUT2D eigenvalue weighted by Gasteiger charge is -2.27. The molecule has 2 unspecified atom stereocenters. The number of rotatable bonds is 10. The van der Waals surface area contributed by atoms with Crippen LogP contribution in [-0.2, 0) is 17.8 Å². The number of aliphatic hydroxyl groups is 1. The van der Waals surface area contributed by atoms with Crippen molar-refractivity contribution in [3.8, 4) is 5.75 Å². The number of ether oxygens (including phenoxy) is 2. The number of aliphatic hydroxyl groups excluding tert-OH is 1. The van der Waals surface area contributed by atoms with E-state index in [-0.39, 0.29) is 6.23 Å². The van der Waals surface area contributed by atoms with Crippen LogP contribution in [0.2, 0.25) is 0 Å². The van der Waals surface area contributed by atoms with Crippen molar-refractivity contribution in [2.45, 2.75) is 51.2 Å². The van der Waals surface area contributed by atoms with Crippen molar-refractivity contribution in [2.24, 2.45) is 0 Å². The molecule has 0 aliphatic carbocycles. The third kappa shape index (κ3) is 6.41. The number of anilines is 2. The SMILES string of the molecule is CC.CCN(c1ccc2c(c1)CNC2OC)c1ccc(C(O)NCc2ccc(SC)cc2)cc1OC. The van der Waals surface area contributed by atoms with E-state index in [1.165, 1.54) is 16.0 Å². The van der Waals surface area contributed by atoms with Gasteiger partial charge in [0.2, 0.25) is 0 Å². The molecule has 3 aromatic carbocycles. The van der Waals surface area contributed by atoms with E-state index in [2.05, 4.69) is 71.2 Å². The number of methoxy groups -OCH3 is 2. The summed E-state index contributed by atoms with van der Waals surface area (Å²) in [5, 5.41) is 17.3. The monoisotopic (exact) mass is 509 g/mol. The minimum Gasteiger partial charge on any atom is -0.495 e. The molecule has 0 saturated carbocycles. The molecule has 2 atom stereocenters. The fraction of sp³-hybridized carbons (Fsp3) is 0.379. The van der Waals surface area contributed by atoms with Gasteiger partial charge in [0.05, 0.1) is 12.8 Å². The second kappa shape index (κ2) is 13.7. The van der Waals surface area contributed by atoms with Gasteiger partial charge >= 0.3 is 0 Å². The van der Waals surface area contributed by atoms with E-state index in [1.807, 2.05) is 32.0 Å². The van der Waals surface area contributed by atoms with Gasteiger partial charge in [0.15, 0.2) is 0 Å². The van der Waals surface area contributed by atoms with Crippen LogP contribution in [0.15, 0.2) is 65.6 Å². The Hall–Kier alpha value is -2.55. The minimum absolute atomic E-state index is 0.0506. The first kappa shape index (κ1) is 28.0. The average Bonchev–Trinajstić information content (AvgIpc) is 3.36. The van der Waals surface area contributed by atoms with Crippen molar-refractivity contribution >= 4 is 23.1 Å². The van der Waals surface area contributed by atoms with Crippen molar-refractivity contribution in [1.29, 1.82) is 0 Å². The van der Waals surface area contributed by atoms with Gasteiger partial charge in [-0.15, -0.1) is 11.8 Å². The average molecular weight is 510 g/mol. The number of nitrogens with zero attached hydrogens (tertiary/aromatic N) is 1. The number of benzene rings is 3. The number of hydrogen-bond donors (Lipinski definition) is 3. The minimum atomic E-state index is -0.796. The molecule has 0 bridgehead atoms. The summed E-state index contributed by atoms with van der Waals surface area (Å²) < 4.78 is 11.2. The molecule has 3 N–H and O–H groups in total. The van der Waals surface area contributed by atoms with Crippen LogP contribution >= 0.6 is 11.8 Å². The smallest absolute Gasteiger partial charge is 0.142 e. The molecule has 194 valence electrons. The molecule has 0 saturated heterocycles. The van der Waals surface area contributed by atoms with Gasteiger partial charge < -0.3 is 19.5 Å². The lowest BCUT2D eigenvalue weighted by Crippen LogP contribution is -2.21. The predicted molar refractivity (Wildman–Crippen MR) is 150 cm³/mol. The Bertz CT molecular complexity index is 1110. The first-order valence-corrected chi connectivity index (χ1v) is 13.7. The van der Waals surface area contributed by atoms with E-state index >= 15 is 0 Å². The molecule has 1 aliphatic rings. The molecule has 1 heterocycles. The number of thioether (sulfide) groups is 1. The predicted octanol–water partition coefficient (Wildman–Crippen LogP) is 6.13. The van der Waals surface area contributed by atoms with Gasteiger partial charge in [0, 0.05) is 37.3 Å². The summed E-state index contributed by atoms with van der Waals surface area (Å²) in [4.78, 5) is 3.44. The van der Waals surface area contributed by atoms with Crippen molar-refractivity contribution < 1.29 is 14.6 Å². The molecular formula is C29H39N3O3S. The zero-order valence-electron chi connectivity index (χ0n) is 22.2. The van der Waals surface area contributed by atoms with Crippen LogP contribution in [0, 0.1) is 0 Å². The molecule has 3 aromatic rings. The summed E-state index contributed by atoms with van der Waals surface area (Å²) in [5.74, 6) is 0.720. The van der Waals surface area contributed by atoms with Crippen molar-refractivity contribution in [1.82, 2.24) is 10.6 Å². The van der Waals surface area contributed by atoms with Gasteiger partial charge in [0.1, 0.15) is 18.2 Å². The summed E-state index contributed by atoms with van der Waals surface area (Å²) in [6, 6.07) is 20.7. The maximum Gasteiger partial charge on any atom is 0.142 e. The molecule has 4 rings (SSSR count). The van der Waals surface area contributed by atoms with E-state index in [9.17, 15) is 5.11 Å². The first-order chi connectivity index (χ1) is 17.6. The quantitative estimate of drug-likeness (QED) is 0.224. The van der Waals surface area contributed by atoms with Crippen LogP contribution < -0.4 is 20.3 Å². The molecule has 7 heteroatoms. The van der Waals surface area contributed by atoms with E-state index in [4.69, 9.17) is 9.47 Å². The molecule has 1 aliphatic heterocycles. The van der Waals surface area contributed by atoms with Crippen LogP contribution in [0.5, 0.6) is 5.75 Å². The largest absolute Gasteiger partial charge is 0.495 e. The molecule has 0 spiro atoms. The zero-order valence-corrected chi connectivity index (χ0v) is 23.0. The van der Waals surface area contributed by atoms with Crippen molar-refractivity contribution in [3.63, 3.8) is 0 Å². The Labute approximate surface area is 220 Å². The standard InChI is InChI=1S/C27H33N3O3S.C2H6/c1-5-30(21-9-12-23-20(14-21)17-29-27(23)33-3)24-13-8-19(15-25(24)32-2)26(31)28-16-18-6-10-22(34-4)11-7-18;1-2/h6-15,26-29,31H,5,16-17H2,1-4H3;1-2H3. The second-order valence-corrected chi connectivity index (χ2v) is 9.07. The Morgan fingerprint density at radius 2 is 1.83 bits per heavy atom. The molecule has 0 amide bonds. The van der Waals surface area contributed by atoms with Gasteiger partial charge in [0.25, 0.3) is 0 Å². The highest BCUT2D eigenvalue weighted by molar-refractivity contribution is 7.98. The molecule has 36 heavy (non-hydrogen) atoms. The van der Waals surface area contributed by atoms with Crippen LogP contribution in [0.4, 0.5) is 11.4 Å². The highest BCUT2D eigenvalue weighted by Gasteiger charge is 2.23. The van der Waals surface area contributed by atoms with Gasteiger partial charge in [-0.3, -0.25) is 10.6 Å². The van der Waals surface area contributed by atoms with Gasteiger partial charge in [-0.05, 0) is 71.8 Å². The first-order valence-electron chi connectivity index (χ1n) is 12.5. The fourth-order valence-corrected chi connectivity index (χ4v) is 4.76. The van der Waals surface area contributed by atoms with E-state index < -0.39 is 6.23 Å². The topological polar surface area (TPSA) is 66.0 Å². The highest BCUT2D eigenvalue weighted by atomic mass is 32.2. The number of fused-ring (bicyclic) bond motifs is 1. The molecule has 0 fully saturated rings. The third-order valence-electron chi connectivity index (χ3n) is 6.22. The lowest BCUT2D eigenvalue weighted by atomic mass is 10.1. The van der Waals surface area contributed by atoms with Crippen molar-refractivity contribution in [2.75, 3.05) is 31.9 Å². The maximum atomic E-state index is 10.8. The van der Waals surface area contributed by atoms with E-state index in [0.29, 0.717) is 6.54 Å².